The van der Waals surface area contributed by atoms with E-state index in [-0.39, 0.29) is 16.9 Å². The molecule has 0 unspecified atom stereocenters. The molecule has 2 N–H and O–H groups in total. The number of rotatable bonds is 2. The van der Waals surface area contributed by atoms with Gasteiger partial charge in [0.1, 0.15) is 0 Å². The number of hydrogen-bond donors (Lipinski definition) is 2. The van der Waals surface area contributed by atoms with Gasteiger partial charge in [0.05, 0.1) is 5.41 Å². The molecule has 1 aromatic carbocycles. The molecule has 166 valence electrons. The first-order valence-corrected chi connectivity index (χ1v) is 10.9. The van der Waals surface area contributed by atoms with Crippen molar-refractivity contribution in [3.05, 3.63) is 47.1 Å². The zero-order valence-electron chi connectivity index (χ0n) is 18.6. The quantitative estimate of drug-likeness (QED) is 0.556. The van der Waals surface area contributed by atoms with E-state index < -0.39 is 11.6 Å². The molecule has 5 rings (SSSR count). The third kappa shape index (κ3) is 3.11. The van der Waals surface area contributed by atoms with Crippen LogP contribution in [0, 0.1) is 5.92 Å². The Hall–Kier alpha value is -2.60. The van der Waals surface area contributed by atoms with Crippen molar-refractivity contribution in [3.63, 3.8) is 0 Å². The van der Waals surface area contributed by atoms with Crippen molar-refractivity contribution in [1.29, 1.82) is 0 Å². The molecule has 0 aromatic heterocycles. The first-order chi connectivity index (χ1) is 14.6. The van der Waals surface area contributed by atoms with E-state index >= 15 is 0 Å². The molecular weight excluding hydrogens is 394 g/mol. The predicted molar refractivity (Wildman–Crippen MR) is 117 cm³/mol. The van der Waals surface area contributed by atoms with Gasteiger partial charge >= 0.3 is 5.97 Å². The lowest BCUT2D eigenvalue weighted by atomic mass is 9.47. The third-order valence-corrected chi connectivity index (χ3v) is 7.66. The molecular formula is C25H31NO5. The molecule has 1 aromatic rings. The van der Waals surface area contributed by atoms with Crippen LogP contribution in [0.1, 0.15) is 51.2 Å². The zero-order chi connectivity index (χ0) is 22.6. The number of likely N-dealkylation sites (tertiary alicyclic amines) is 1. The predicted octanol–water partition coefficient (Wildman–Crippen LogP) is 3.61. The summed E-state index contributed by atoms with van der Waals surface area (Å²) in [7, 11) is 2.20. The Morgan fingerprint density at radius 2 is 2.06 bits per heavy atom. The average molecular weight is 426 g/mol. The van der Waals surface area contributed by atoms with E-state index in [1.807, 2.05) is 26.8 Å². The van der Waals surface area contributed by atoms with E-state index in [1.54, 1.807) is 12.1 Å². The Labute approximate surface area is 183 Å². The van der Waals surface area contributed by atoms with Crippen LogP contribution in [0.3, 0.4) is 0 Å². The van der Waals surface area contributed by atoms with Crippen LogP contribution in [-0.2, 0) is 21.4 Å². The Kier molecular flexibility index (Phi) is 5.24. The van der Waals surface area contributed by atoms with Gasteiger partial charge in [-0.3, -0.25) is 4.79 Å². The molecule has 31 heavy (non-hydrogen) atoms. The topological polar surface area (TPSA) is 87.1 Å². The zero-order valence-corrected chi connectivity index (χ0v) is 18.6. The molecule has 1 saturated carbocycles. The summed E-state index contributed by atoms with van der Waals surface area (Å²) in [6.45, 7) is 6.78. The highest BCUT2D eigenvalue weighted by atomic mass is 16.5. The van der Waals surface area contributed by atoms with Gasteiger partial charge in [-0.15, -0.1) is 0 Å². The van der Waals surface area contributed by atoms with Gasteiger partial charge in [0, 0.05) is 24.1 Å². The highest BCUT2D eigenvalue weighted by Crippen LogP contribution is 2.66. The number of Topliss-reactive ketones (excluding diaryl/α,β-unsaturated/α-hetero) is 1. The third-order valence-electron chi connectivity index (χ3n) is 7.66. The Bertz CT molecular complexity index is 992. The lowest BCUT2D eigenvalue weighted by molar-refractivity contribution is -0.153. The second-order valence-corrected chi connectivity index (χ2v) is 9.57. The highest BCUT2D eigenvalue weighted by molar-refractivity contribution is 5.93. The van der Waals surface area contributed by atoms with Crippen LogP contribution < -0.4 is 4.74 Å². The van der Waals surface area contributed by atoms with Crippen LogP contribution in [0.25, 0.3) is 0 Å². The maximum Gasteiger partial charge on any atom is 0.328 e. The molecule has 4 aliphatic rings. The van der Waals surface area contributed by atoms with E-state index in [0.29, 0.717) is 24.1 Å². The molecule has 2 heterocycles. The van der Waals surface area contributed by atoms with Gasteiger partial charge in [-0.2, -0.15) is 0 Å². The number of carbonyl (C=O) groups is 2. The van der Waals surface area contributed by atoms with Crippen LogP contribution in [0.15, 0.2) is 35.9 Å². The van der Waals surface area contributed by atoms with Crippen molar-refractivity contribution < 1.29 is 24.5 Å². The van der Waals surface area contributed by atoms with Crippen molar-refractivity contribution >= 4 is 11.8 Å². The summed E-state index contributed by atoms with van der Waals surface area (Å²) in [6.07, 6.45) is 7.84. The molecule has 2 aliphatic heterocycles. The highest BCUT2D eigenvalue weighted by Gasteiger charge is 2.71. The molecule has 1 saturated heterocycles. The van der Waals surface area contributed by atoms with Gasteiger partial charge in [-0.1, -0.05) is 23.8 Å². The standard InChI is InChI=1S/C18H21NO3.C7H10O2/c1-17-14(21)6-4-11-12-9-10-3-5-13(20)16(22-17)15(10)18(11,17)7-8-19(12)2;1-6(2)4-3-5-7(8)9/h3,5,11-12,20H,4,6-9H2,1-2H3;3-5H,1-2H3,(H,8,9)/t11-,12+,17-,18-;/m0./s1. The lowest BCUT2D eigenvalue weighted by Gasteiger charge is -2.60. The molecule has 6 nitrogen and oxygen atoms in total. The number of carboxylic acids is 1. The molecule has 1 spiro atoms. The van der Waals surface area contributed by atoms with Gasteiger partial charge in [0.15, 0.2) is 22.9 Å². The fraction of sp³-hybridized carbons (Fsp3) is 0.520. The number of aromatic hydroxyl groups is 1. The van der Waals surface area contributed by atoms with Crippen LogP contribution in [-0.4, -0.2) is 52.1 Å². The number of phenols is 1. The number of aliphatic carboxylic acids is 1. The van der Waals surface area contributed by atoms with E-state index in [0.717, 1.165) is 43.0 Å². The van der Waals surface area contributed by atoms with Crippen LogP contribution in [0.4, 0.5) is 0 Å². The summed E-state index contributed by atoms with van der Waals surface area (Å²) in [5.41, 5.74) is 2.47. The summed E-state index contributed by atoms with van der Waals surface area (Å²) in [4.78, 5) is 25.1. The minimum absolute atomic E-state index is 0.188. The second-order valence-electron chi connectivity index (χ2n) is 9.57. The lowest BCUT2D eigenvalue weighted by Crippen LogP contribution is -2.70. The smallest absolute Gasteiger partial charge is 0.328 e. The van der Waals surface area contributed by atoms with Crippen molar-refractivity contribution in [2.45, 2.75) is 63.5 Å². The number of ether oxygens (including phenoxy) is 1. The SMILES string of the molecule is CC(C)=CC=CC(=O)O.CN1CC[C@]23c4c5ccc(O)c4O[C@@]2(C)C(=O)CC[C@H]3[C@H]1C5. The molecule has 0 amide bonds. The number of carboxylic acid groups (broad SMARTS) is 1. The van der Waals surface area contributed by atoms with Gasteiger partial charge in [-0.25, -0.2) is 4.79 Å². The number of phenolic OH excluding ortho intramolecular Hbond substituents is 1. The molecule has 6 heteroatoms. The van der Waals surface area contributed by atoms with E-state index in [2.05, 4.69) is 11.9 Å². The summed E-state index contributed by atoms with van der Waals surface area (Å²) < 4.78 is 6.23. The number of allylic oxidation sites excluding steroid dienone is 3. The number of nitrogens with zero attached hydrogens (tertiary/aromatic N) is 1. The number of likely N-dealkylation sites (N-methyl/N-ethyl adjacent to an activating group) is 1. The van der Waals surface area contributed by atoms with Gasteiger partial charge in [0.25, 0.3) is 0 Å². The molecule has 2 fully saturated rings. The minimum Gasteiger partial charge on any atom is -0.504 e. The van der Waals surface area contributed by atoms with Crippen molar-refractivity contribution in [2.75, 3.05) is 13.6 Å². The summed E-state index contributed by atoms with van der Waals surface area (Å²) in [5, 5.41) is 18.4. The fourth-order valence-corrected chi connectivity index (χ4v) is 6.27. The largest absolute Gasteiger partial charge is 0.504 e. The normalized spacial score (nSPS) is 32.6. The second kappa shape index (κ2) is 7.52. The Morgan fingerprint density at radius 1 is 1.32 bits per heavy atom. The van der Waals surface area contributed by atoms with Gasteiger partial charge in [-0.05, 0) is 71.2 Å². The molecule has 2 aliphatic carbocycles. The van der Waals surface area contributed by atoms with Crippen molar-refractivity contribution in [2.24, 2.45) is 5.92 Å². The number of carbonyl (C=O) groups excluding carboxylic acids is 1. The summed E-state index contributed by atoms with van der Waals surface area (Å²) in [5.74, 6) is 0.517. The average Bonchev–Trinajstić information content (AvgIpc) is 2.98. The van der Waals surface area contributed by atoms with Crippen molar-refractivity contribution in [1.82, 2.24) is 4.90 Å². The number of ketones is 1. The van der Waals surface area contributed by atoms with E-state index in [4.69, 9.17) is 9.84 Å². The van der Waals surface area contributed by atoms with Gasteiger partial charge in [0.2, 0.25) is 0 Å². The first kappa shape index (κ1) is 21.6. The fourth-order valence-electron chi connectivity index (χ4n) is 6.27. The van der Waals surface area contributed by atoms with Crippen molar-refractivity contribution in [3.8, 4) is 11.5 Å². The number of benzene rings is 1. The Morgan fingerprint density at radius 3 is 2.74 bits per heavy atom. The van der Waals surface area contributed by atoms with Crippen LogP contribution in [0.2, 0.25) is 0 Å². The van der Waals surface area contributed by atoms with Crippen LogP contribution >= 0.6 is 0 Å². The maximum absolute atomic E-state index is 12.8. The van der Waals surface area contributed by atoms with Gasteiger partial charge < -0.3 is 19.8 Å². The first-order valence-electron chi connectivity index (χ1n) is 10.9. The maximum atomic E-state index is 12.8. The molecule has 2 bridgehead atoms. The number of piperidine rings is 1. The number of hydrogen-bond acceptors (Lipinski definition) is 5. The molecule has 0 radical (unpaired) electrons. The molecule has 4 atom stereocenters. The van der Waals surface area contributed by atoms with E-state index in [1.165, 1.54) is 11.6 Å². The minimum atomic E-state index is -0.910. The summed E-state index contributed by atoms with van der Waals surface area (Å²) >= 11 is 0. The Balaban J connectivity index is 0.000000221. The monoisotopic (exact) mass is 425 g/mol. The summed E-state index contributed by atoms with van der Waals surface area (Å²) in [6, 6.07) is 4.24. The van der Waals surface area contributed by atoms with E-state index in [9.17, 15) is 14.7 Å². The van der Waals surface area contributed by atoms with Crippen LogP contribution in [0.5, 0.6) is 11.5 Å².